The molecule has 20 heavy (non-hydrogen) atoms. The molecule has 3 nitrogen and oxygen atoms in total. The van der Waals surface area contributed by atoms with E-state index in [0.717, 1.165) is 31.3 Å². The molecule has 0 spiro atoms. The quantitative estimate of drug-likeness (QED) is 0.899. The van der Waals surface area contributed by atoms with E-state index in [1.807, 2.05) is 0 Å². The zero-order chi connectivity index (χ0) is 13.9. The van der Waals surface area contributed by atoms with Crippen LogP contribution in [0.25, 0.3) is 10.9 Å². The summed E-state index contributed by atoms with van der Waals surface area (Å²) in [4.78, 5) is 4.92. The van der Waals surface area contributed by atoms with E-state index in [1.54, 1.807) is 7.11 Å². The van der Waals surface area contributed by atoms with Gasteiger partial charge in [0.15, 0.2) is 0 Å². The Morgan fingerprint density at radius 1 is 1.30 bits per heavy atom. The molecule has 1 aliphatic carbocycles. The fourth-order valence-electron chi connectivity index (χ4n) is 3.07. The van der Waals surface area contributed by atoms with E-state index in [9.17, 15) is 0 Å². The van der Waals surface area contributed by atoms with Gasteiger partial charge in [-0.3, -0.25) is 4.98 Å². The largest absolute Gasteiger partial charge is 0.384 e. The van der Waals surface area contributed by atoms with Crippen LogP contribution < -0.4 is 5.32 Å². The highest BCUT2D eigenvalue weighted by molar-refractivity contribution is 5.95. The fourth-order valence-corrected chi connectivity index (χ4v) is 3.07. The highest BCUT2D eigenvalue weighted by Crippen LogP contribution is 2.35. The van der Waals surface area contributed by atoms with Crippen molar-refractivity contribution in [2.75, 3.05) is 19.0 Å². The van der Waals surface area contributed by atoms with E-state index in [1.165, 1.54) is 34.3 Å². The van der Waals surface area contributed by atoms with Gasteiger partial charge < -0.3 is 10.1 Å². The number of benzene rings is 1. The lowest BCUT2D eigenvalue weighted by Gasteiger charge is -2.16. The van der Waals surface area contributed by atoms with Gasteiger partial charge in [0.05, 0.1) is 12.1 Å². The molecule has 106 valence electrons. The average molecular weight is 270 g/mol. The Hall–Kier alpha value is -1.61. The monoisotopic (exact) mass is 270 g/mol. The van der Waals surface area contributed by atoms with E-state index in [-0.39, 0.29) is 0 Å². The maximum atomic E-state index is 5.32. The number of para-hydroxylation sites is 1. The molecule has 0 bridgehead atoms. The van der Waals surface area contributed by atoms with Crippen molar-refractivity contribution in [2.45, 2.75) is 39.2 Å². The van der Waals surface area contributed by atoms with Gasteiger partial charge in [-0.15, -0.1) is 0 Å². The number of ether oxygens (including phenoxy) is 1. The van der Waals surface area contributed by atoms with Crippen molar-refractivity contribution in [1.29, 1.82) is 0 Å². The summed E-state index contributed by atoms with van der Waals surface area (Å²) in [7, 11) is 1.74. The minimum atomic E-state index is 0.621. The maximum absolute atomic E-state index is 5.32. The third-order valence-electron chi connectivity index (χ3n) is 3.98. The number of nitrogens with zero attached hydrogens (tertiary/aromatic N) is 1. The first-order valence-corrected chi connectivity index (χ1v) is 7.51. The Morgan fingerprint density at radius 3 is 3.00 bits per heavy atom. The SMILES string of the molecule is CCCNc1c2c(nc3c(COC)cccc13)CCC2. The molecule has 0 saturated carbocycles. The number of aryl methyl sites for hydroxylation is 1. The van der Waals surface area contributed by atoms with Gasteiger partial charge in [-0.1, -0.05) is 25.1 Å². The van der Waals surface area contributed by atoms with Crippen molar-refractivity contribution >= 4 is 16.6 Å². The fraction of sp³-hybridized carbons (Fsp3) is 0.471. The van der Waals surface area contributed by atoms with Gasteiger partial charge in [-0.2, -0.15) is 0 Å². The molecule has 0 atom stereocenters. The van der Waals surface area contributed by atoms with E-state index in [4.69, 9.17) is 9.72 Å². The van der Waals surface area contributed by atoms with Gasteiger partial charge in [0.1, 0.15) is 0 Å². The first kappa shape index (κ1) is 13.4. The second-order valence-corrected chi connectivity index (χ2v) is 5.44. The topological polar surface area (TPSA) is 34.2 Å². The Labute approximate surface area is 120 Å². The zero-order valence-electron chi connectivity index (χ0n) is 12.3. The van der Waals surface area contributed by atoms with Gasteiger partial charge >= 0.3 is 0 Å². The highest BCUT2D eigenvalue weighted by atomic mass is 16.5. The number of aromatic nitrogens is 1. The van der Waals surface area contributed by atoms with Crippen LogP contribution in [0.5, 0.6) is 0 Å². The average Bonchev–Trinajstić information content (AvgIpc) is 2.92. The Morgan fingerprint density at radius 2 is 2.20 bits per heavy atom. The molecule has 3 rings (SSSR count). The Kier molecular flexibility index (Phi) is 3.88. The van der Waals surface area contributed by atoms with Crippen LogP contribution in [0.3, 0.4) is 0 Å². The second-order valence-electron chi connectivity index (χ2n) is 5.44. The predicted octanol–water partition coefficient (Wildman–Crippen LogP) is 3.69. The standard InChI is InChI=1S/C17H22N2O/c1-3-10-18-17-13-7-5-9-15(13)19-16-12(11-20-2)6-4-8-14(16)17/h4,6,8H,3,5,7,9-11H2,1-2H3,(H,18,19). The summed E-state index contributed by atoms with van der Waals surface area (Å²) >= 11 is 0. The molecule has 0 radical (unpaired) electrons. The Balaban J connectivity index is 2.20. The molecule has 3 heteroatoms. The number of hydrogen-bond donors (Lipinski definition) is 1. The molecule has 1 aliphatic rings. The minimum Gasteiger partial charge on any atom is -0.384 e. The summed E-state index contributed by atoms with van der Waals surface area (Å²) in [5, 5.41) is 4.87. The molecule has 2 aromatic rings. The first-order valence-electron chi connectivity index (χ1n) is 7.51. The molecular formula is C17H22N2O. The maximum Gasteiger partial charge on any atom is 0.0781 e. The third-order valence-corrected chi connectivity index (χ3v) is 3.98. The molecule has 1 aromatic heterocycles. The van der Waals surface area contributed by atoms with Gasteiger partial charge in [-0.05, 0) is 31.2 Å². The zero-order valence-corrected chi connectivity index (χ0v) is 12.3. The molecule has 1 heterocycles. The summed E-state index contributed by atoms with van der Waals surface area (Å²) in [6.45, 7) is 3.84. The minimum absolute atomic E-state index is 0.621. The molecule has 0 unspecified atom stereocenters. The first-order chi connectivity index (χ1) is 9.85. The van der Waals surface area contributed by atoms with Crippen molar-refractivity contribution in [3.63, 3.8) is 0 Å². The number of rotatable bonds is 5. The van der Waals surface area contributed by atoms with Gasteiger partial charge in [0, 0.05) is 36.0 Å². The van der Waals surface area contributed by atoms with Crippen LogP contribution in [0.4, 0.5) is 5.69 Å². The van der Waals surface area contributed by atoms with Crippen LogP contribution in [0.15, 0.2) is 18.2 Å². The number of fused-ring (bicyclic) bond motifs is 2. The molecule has 0 fully saturated rings. The number of hydrogen-bond acceptors (Lipinski definition) is 3. The van der Waals surface area contributed by atoms with Crippen LogP contribution in [0.1, 0.15) is 36.6 Å². The lowest BCUT2D eigenvalue weighted by atomic mass is 10.0. The molecule has 1 aromatic carbocycles. The van der Waals surface area contributed by atoms with Crippen LogP contribution in [-0.4, -0.2) is 18.6 Å². The van der Waals surface area contributed by atoms with E-state index in [0.29, 0.717) is 6.61 Å². The van der Waals surface area contributed by atoms with Crippen molar-refractivity contribution in [3.05, 3.63) is 35.0 Å². The normalized spacial score (nSPS) is 13.7. The van der Waals surface area contributed by atoms with Crippen molar-refractivity contribution in [2.24, 2.45) is 0 Å². The molecule has 1 N–H and O–H groups in total. The number of anilines is 1. The number of nitrogens with one attached hydrogen (secondary N) is 1. The van der Waals surface area contributed by atoms with E-state index in [2.05, 4.69) is 30.4 Å². The van der Waals surface area contributed by atoms with Crippen molar-refractivity contribution < 1.29 is 4.74 Å². The van der Waals surface area contributed by atoms with E-state index >= 15 is 0 Å². The number of methoxy groups -OCH3 is 1. The second kappa shape index (κ2) is 5.80. The molecule has 0 amide bonds. The summed E-state index contributed by atoms with van der Waals surface area (Å²) in [5.41, 5.74) is 6.30. The smallest absolute Gasteiger partial charge is 0.0781 e. The summed E-state index contributed by atoms with van der Waals surface area (Å²) in [6, 6.07) is 6.40. The molecule has 0 aliphatic heterocycles. The lowest BCUT2D eigenvalue weighted by molar-refractivity contribution is 0.186. The molecular weight excluding hydrogens is 248 g/mol. The molecule has 0 saturated heterocycles. The van der Waals surface area contributed by atoms with Crippen LogP contribution in [0, 0.1) is 0 Å². The predicted molar refractivity (Wildman–Crippen MR) is 83.3 cm³/mol. The van der Waals surface area contributed by atoms with E-state index < -0.39 is 0 Å². The number of pyridine rings is 1. The van der Waals surface area contributed by atoms with Crippen LogP contribution >= 0.6 is 0 Å². The van der Waals surface area contributed by atoms with Gasteiger partial charge in [0.25, 0.3) is 0 Å². The summed E-state index contributed by atoms with van der Waals surface area (Å²) < 4.78 is 5.32. The van der Waals surface area contributed by atoms with Crippen molar-refractivity contribution in [1.82, 2.24) is 4.98 Å². The van der Waals surface area contributed by atoms with Gasteiger partial charge in [-0.25, -0.2) is 0 Å². The Bertz CT molecular complexity index is 622. The third kappa shape index (κ3) is 2.27. The summed E-state index contributed by atoms with van der Waals surface area (Å²) in [6.07, 6.45) is 4.61. The summed E-state index contributed by atoms with van der Waals surface area (Å²) in [5.74, 6) is 0. The highest BCUT2D eigenvalue weighted by Gasteiger charge is 2.20. The van der Waals surface area contributed by atoms with Crippen molar-refractivity contribution in [3.8, 4) is 0 Å². The van der Waals surface area contributed by atoms with Crippen LogP contribution in [0.2, 0.25) is 0 Å². The van der Waals surface area contributed by atoms with Crippen LogP contribution in [-0.2, 0) is 24.2 Å². The van der Waals surface area contributed by atoms with Gasteiger partial charge in [0.2, 0.25) is 0 Å². The lowest BCUT2D eigenvalue weighted by Crippen LogP contribution is -2.06.